The van der Waals surface area contributed by atoms with Crippen LogP contribution in [0.1, 0.15) is 97.1 Å². The fourth-order valence-electron chi connectivity index (χ4n) is 9.65. The summed E-state index contributed by atoms with van der Waals surface area (Å²) in [5.41, 5.74) is -1.56. The van der Waals surface area contributed by atoms with E-state index in [0.717, 1.165) is 18.4 Å². The highest BCUT2D eigenvalue weighted by Gasteiger charge is 2.68. The summed E-state index contributed by atoms with van der Waals surface area (Å²) in [6.45, 7) is 6.69. The molecule has 1 aromatic carbocycles. The molecule has 50 heavy (non-hydrogen) atoms. The molecule has 2 amide bonds. The number of hydrogen-bond acceptors (Lipinski definition) is 9. The van der Waals surface area contributed by atoms with Crippen LogP contribution in [0.15, 0.2) is 42.0 Å². The first-order chi connectivity index (χ1) is 23.5. The second kappa shape index (κ2) is 14.4. The molecule has 0 bridgehead atoms. The van der Waals surface area contributed by atoms with E-state index in [1.54, 1.807) is 50.3 Å². The Bertz CT molecular complexity index is 1560. The quantitative estimate of drug-likeness (QED) is 0.203. The lowest BCUT2D eigenvalue weighted by Crippen LogP contribution is -2.62. The summed E-state index contributed by atoms with van der Waals surface area (Å²) in [6.07, 6.45) is 3.91. The summed E-state index contributed by atoms with van der Waals surface area (Å²) >= 11 is 0. The van der Waals surface area contributed by atoms with Gasteiger partial charge in [-0.15, -0.1) is 0 Å². The first-order valence-corrected chi connectivity index (χ1v) is 17.7. The highest BCUT2D eigenvalue weighted by Crippen LogP contribution is 2.67. The van der Waals surface area contributed by atoms with Crippen molar-refractivity contribution < 1.29 is 48.8 Å². The van der Waals surface area contributed by atoms with E-state index in [4.69, 9.17) is 4.74 Å². The number of carbonyl (C=O) groups is 6. The maximum Gasteiger partial charge on any atom is 0.330 e. The van der Waals surface area contributed by atoms with Gasteiger partial charge in [-0.05, 0) is 79.3 Å². The topological polar surface area (TPSA) is 196 Å². The number of nitrogens with one attached hydrogen (secondary N) is 2. The van der Waals surface area contributed by atoms with Crippen molar-refractivity contribution in [2.45, 2.75) is 109 Å². The number of rotatable bonds is 12. The smallest absolute Gasteiger partial charge is 0.330 e. The van der Waals surface area contributed by atoms with E-state index in [-0.39, 0.29) is 54.6 Å². The molecule has 5 rings (SSSR count). The summed E-state index contributed by atoms with van der Waals surface area (Å²) in [6, 6.07) is 5.77. The molecule has 0 aliphatic heterocycles. The zero-order valence-electron chi connectivity index (χ0n) is 29.3. The molecule has 9 atom stereocenters. The van der Waals surface area contributed by atoms with Gasteiger partial charge in [0.05, 0.1) is 12.5 Å². The van der Waals surface area contributed by atoms with Crippen molar-refractivity contribution in [1.82, 2.24) is 10.6 Å². The minimum atomic E-state index is -1.80. The largest absolute Gasteiger partial charge is 0.479 e. The number of aliphatic hydroxyl groups is 2. The molecular formula is C38H50N2O10. The number of benzene rings is 1. The van der Waals surface area contributed by atoms with Crippen molar-refractivity contribution in [3.63, 3.8) is 0 Å². The predicted molar refractivity (Wildman–Crippen MR) is 180 cm³/mol. The number of amides is 2. The molecule has 3 fully saturated rings. The molecule has 0 aromatic heterocycles. The number of carboxylic acid groups (broad SMARTS) is 1. The second-order valence-electron chi connectivity index (χ2n) is 15.5. The number of hydrogen-bond donors (Lipinski definition) is 5. The van der Waals surface area contributed by atoms with Gasteiger partial charge in [0.15, 0.2) is 18.4 Å². The molecule has 4 aliphatic carbocycles. The minimum absolute atomic E-state index is 0.0233. The number of Topliss-reactive ketones (excluding diaryl/α,β-unsaturated/α-hetero) is 1. The second-order valence-corrected chi connectivity index (χ2v) is 15.5. The van der Waals surface area contributed by atoms with Gasteiger partial charge >= 0.3 is 11.9 Å². The zero-order valence-corrected chi connectivity index (χ0v) is 29.3. The van der Waals surface area contributed by atoms with Gasteiger partial charge in [-0.2, -0.15) is 0 Å². The lowest BCUT2D eigenvalue weighted by atomic mass is 9.45. The average molecular weight is 695 g/mol. The van der Waals surface area contributed by atoms with Crippen LogP contribution in [0.3, 0.4) is 0 Å². The van der Waals surface area contributed by atoms with Crippen LogP contribution in [0.25, 0.3) is 0 Å². The van der Waals surface area contributed by atoms with Gasteiger partial charge in [-0.25, -0.2) is 4.79 Å². The van der Waals surface area contributed by atoms with E-state index in [2.05, 4.69) is 17.6 Å². The van der Waals surface area contributed by atoms with Gasteiger partial charge in [-0.3, -0.25) is 24.0 Å². The van der Waals surface area contributed by atoms with Crippen molar-refractivity contribution in [2.24, 2.45) is 34.5 Å². The third-order valence-corrected chi connectivity index (χ3v) is 12.4. The standard InChI is InChI=1S/C38H50N2O10/c1-21(2)32(34(46)40-33(35(47)48)22-8-6-5-7-9-22)39-29(44)12-13-30(45)50-20-28(43)38(49)17-15-26-25-11-10-23-18-24(41)14-16-36(23,3)31(25)27(42)19-37(26,38)4/h5-9,18,21,25-27,31-33,42,49H,10-17,19-20H2,1-4H3,(H,39,44)(H,40,46)(H,47,48)/t25-,26-,27+,31+,32+,33+,36-,37-,38-/m0/s1. The molecule has 0 unspecified atom stereocenters. The van der Waals surface area contributed by atoms with E-state index in [1.807, 2.05) is 6.92 Å². The number of esters is 1. The van der Waals surface area contributed by atoms with Gasteiger partial charge in [0.1, 0.15) is 11.6 Å². The van der Waals surface area contributed by atoms with E-state index in [1.165, 1.54) is 0 Å². The van der Waals surface area contributed by atoms with Gasteiger partial charge in [-0.1, -0.05) is 63.6 Å². The molecule has 3 saturated carbocycles. The average Bonchev–Trinajstić information content (AvgIpc) is 3.34. The molecule has 272 valence electrons. The number of aliphatic hydroxyl groups excluding tert-OH is 1. The summed E-state index contributed by atoms with van der Waals surface area (Å²) in [4.78, 5) is 76.0. The maximum absolute atomic E-state index is 13.6. The molecular weight excluding hydrogens is 644 g/mol. The zero-order chi connectivity index (χ0) is 36.6. The fraction of sp³-hybridized carbons (Fsp3) is 0.632. The van der Waals surface area contributed by atoms with Gasteiger partial charge in [0.2, 0.25) is 17.6 Å². The molecule has 0 heterocycles. The van der Waals surface area contributed by atoms with Gasteiger partial charge in [0, 0.05) is 18.3 Å². The molecule has 0 spiro atoms. The van der Waals surface area contributed by atoms with E-state index in [9.17, 15) is 44.1 Å². The van der Waals surface area contributed by atoms with E-state index in [0.29, 0.717) is 24.8 Å². The third kappa shape index (κ3) is 6.88. The summed E-state index contributed by atoms with van der Waals surface area (Å²) in [5.74, 6) is -4.35. The van der Waals surface area contributed by atoms with Crippen LogP contribution in [0.5, 0.6) is 0 Å². The summed E-state index contributed by atoms with van der Waals surface area (Å²) in [5, 5.41) is 38.2. The number of fused-ring (bicyclic) bond motifs is 5. The van der Waals surface area contributed by atoms with Crippen molar-refractivity contribution in [3.05, 3.63) is 47.5 Å². The number of carbonyl (C=O) groups excluding carboxylic acids is 5. The minimum Gasteiger partial charge on any atom is -0.479 e. The van der Waals surface area contributed by atoms with Crippen LogP contribution in [0, 0.1) is 34.5 Å². The Morgan fingerprint density at radius 2 is 1.68 bits per heavy atom. The van der Waals surface area contributed by atoms with Crippen LogP contribution >= 0.6 is 0 Å². The number of carboxylic acids is 1. The van der Waals surface area contributed by atoms with E-state index < -0.39 is 71.3 Å². The van der Waals surface area contributed by atoms with Gasteiger partial charge in [0.25, 0.3) is 0 Å². The van der Waals surface area contributed by atoms with Crippen molar-refractivity contribution in [2.75, 3.05) is 6.61 Å². The normalized spacial score (nSPS) is 32.8. The molecule has 0 saturated heterocycles. The molecule has 12 heteroatoms. The Labute approximate surface area is 292 Å². The predicted octanol–water partition coefficient (Wildman–Crippen LogP) is 3.20. The van der Waals surface area contributed by atoms with Gasteiger partial charge < -0.3 is 30.7 Å². The summed E-state index contributed by atoms with van der Waals surface area (Å²) < 4.78 is 5.24. The Morgan fingerprint density at radius 1 is 0.980 bits per heavy atom. The van der Waals surface area contributed by atoms with Crippen molar-refractivity contribution >= 4 is 35.3 Å². The summed E-state index contributed by atoms with van der Waals surface area (Å²) in [7, 11) is 0. The van der Waals surface area contributed by atoms with Crippen LogP contribution in [-0.2, 0) is 33.5 Å². The SMILES string of the molecule is CC(C)[C@@H](NC(=O)CCC(=O)OCC(=O)[C@@]1(O)CC[C@H]2[C@@H]3CCC4=CC(=O)CC[C@]4(C)[C@H]3[C@H](O)C[C@@]21C)C(=O)N[C@@H](C(=O)O)c1ccccc1. The lowest BCUT2D eigenvalue weighted by Gasteiger charge is -2.60. The molecule has 5 N–H and O–H groups in total. The Kier molecular flexibility index (Phi) is 10.7. The molecule has 12 nitrogen and oxygen atoms in total. The molecule has 4 aliphatic rings. The Morgan fingerprint density at radius 3 is 2.34 bits per heavy atom. The lowest BCUT2D eigenvalue weighted by molar-refractivity contribution is -0.184. The first-order valence-electron chi connectivity index (χ1n) is 17.7. The third-order valence-electron chi connectivity index (χ3n) is 12.4. The van der Waals surface area contributed by atoms with Crippen LogP contribution in [0.2, 0.25) is 0 Å². The fourth-order valence-corrected chi connectivity index (χ4v) is 9.65. The van der Waals surface area contributed by atoms with Crippen LogP contribution in [0.4, 0.5) is 0 Å². The maximum atomic E-state index is 13.6. The number of aliphatic carboxylic acids is 1. The molecule has 0 radical (unpaired) electrons. The number of ketones is 2. The first kappa shape index (κ1) is 37.4. The highest BCUT2D eigenvalue weighted by molar-refractivity contribution is 5.93. The Balaban J connectivity index is 1.14. The number of ether oxygens (including phenoxy) is 1. The molecule has 1 aromatic rings. The van der Waals surface area contributed by atoms with E-state index >= 15 is 0 Å². The monoisotopic (exact) mass is 694 g/mol. The van der Waals surface area contributed by atoms with Crippen LogP contribution in [-0.4, -0.2) is 75.0 Å². The highest BCUT2D eigenvalue weighted by atomic mass is 16.5. The van der Waals surface area contributed by atoms with Crippen molar-refractivity contribution in [3.8, 4) is 0 Å². The van der Waals surface area contributed by atoms with Crippen LogP contribution < -0.4 is 10.6 Å². The van der Waals surface area contributed by atoms with Crippen molar-refractivity contribution in [1.29, 1.82) is 0 Å². The Hall–Kier alpha value is -3.90. The number of allylic oxidation sites excluding steroid dienone is 1.